The van der Waals surface area contributed by atoms with Crippen molar-refractivity contribution in [3.8, 4) is 0 Å². The second-order valence-corrected chi connectivity index (χ2v) is 6.94. The lowest BCUT2D eigenvalue weighted by atomic mass is 10.1. The average Bonchev–Trinajstić information content (AvgIpc) is 2.53. The van der Waals surface area contributed by atoms with Crippen LogP contribution in [-0.4, -0.2) is 37.2 Å². The summed E-state index contributed by atoms with van der Waals surface area (Å²) in [4.78, 5) is 3.80. The molecular formula is C12H19BrN2OS. The topological polar surface area (TPSA) is 38.5 Å². The van der Waals surface area contributed by atoms with Crippen LogP contribution >= 0.6 is 27.3 Å². The molecule has 0 amide bonds. The van der Waals surface area contributed by atoms with Crippen molar-refractivity contribution in [1.29, 1.82) is 0 Å². The zero-order chi connectivity index (χ0) is 12.3. The van der Waals surface area contributed by atoms with Crippen LogP contribution in [0.25, 0.3) is 0 Å². The molecule has 2 atom stereocenters. The van der Waals surface area contributed by atoms with Gasteiger partial charge in [-0.2, -0.15) is 0 Å². The predicted molar refractivity (Wildman–Crippen MR) is 75.4 cm³/mol. The van der Waals surface area contributed by atoms with Crippen molar-refractivity contribution in [1.82, 2.24) is 4.90 Å². The Morgan fingerprint density at radius 2 is 2.24 bits per heavy atom. The number of hydrogen-bond acceptors (Lipinski definition) is 4. The SMILES string of the molecule is CC(N)C(c1ccc(Br)s1)N1CCCOCC1. The highest BCUT2D eigenvalue weighted by atomic mass is 79.9. The highest BCUT2D eigenvalue weighted by Crippen LogP contribution is 2.32. The Balaban J connectivity index is 2.15. The summed E-state index contributed by atoms with van der Waals surface area (Å²) in [5.41, 5.74) is 6.17. The summed E-state index contributed by atoms with van der Waals surface area (Å²) in [6.07, 6.45) is 1.09. The Labute approximate surface area is 115 Å². The third-order valence-electron chi connectivity index (χ3n) is 3.03. The fourth-order valence-corrected chi connectivity index (χ4v) is 3.98. The lowest BCUT2D eigenvalue weighted by Gasteiger charge is -2.32. The summed E-state index contributed by atoms with van der Waals surface area (Å²) in [5, 5.41) is 0. The van der Waals surface area contributed by atoms with Crippen molar-refractivity contribution in [3.63, 3.8) is 0 Å². The van der Waals surface area contributed by atoms with E-state index in [1.807, 2.05) is 0 Å². The molecule has 0 spiro atoms. The van der Waals surface area contributed by atoms with Crippen LogP contribution in [0.5, 0.6) is 0 Å². The first kappa shape index (κ1) is 13.5. The summed E-state index contributed by atoms with van der Waals surface area (Å²) in [7, 11) is 0. The van der Waals surface area contributed by atoms with E-state index in [9.17, 15) is 0 Å². The van der Waals surface area contributed by atoms with Gasteiger partial charge in [0.2, 0.25) is 0 Å². The van der Waals surface area contributed by atoms with Crippen LogP contribution in [0.4, 0.5) is 0 Å². The molecule has 1 aromatic heterocycles. The largest absolute Gasteiger partial charge is 0.380 e. The Kier molecular flexibility index (Phi) is 4.99. The van der Waals surface area contributed by atoms with Crippen molar-refractivity contribution in [2.24, 2.45) is 5.73 Å². The van der Waals surface area contributed by atoms with Gasteiger partial charge in [-0.15, -0.1) is 11.3 Å². The maximum Gasteiger partial charge on any atom is 0.0702 e. The molecule has 2 heterocycles. The van der Waals surface area contributed by atoms with Gasteiger partial charge in [-0.05, 0) is 41.4 Å². The van der Waals surface area contributed by atoms with E-state index in [-0.39, 0.29) is 6.04 Å². The van der Waals surface area contributed by atoms with E-state index in [1.54, 1.807) is 11.3 Å². The van der Waals surface area contributed by atoms with Crippen LogP contribution in [0.15, 0.2) is 15.9 Å². The fraction of sp³-hybridized carbons (Fsp3) is 0.667. The molecule has 2 unspecified atom stereocenters. The molecule has 0 aromatic carbocycles. The van der Waals surface area contributed by atoms with Gasteiger partial charge in [-0.1, -0.05) is 0 Å². The molecule has 1 aliphatic heterocycles. The molecule has 2 rings (SSSR count). The number of rotatable bonds is 3. The van der Waals surface area contributed by atoms with E-state index in [2.05, 4.69) is 39.9 Å². The molecule has 0 aliphatic carbocycles. The molecule has 1 saturated heterocycles. The van der Waals surface area contributed by atoms with Crippen molar-refractivity contribution in [2.45, 2.75) is 25.4 Å². The minimum Gasteiger partial charge on any atom is -0.380 e. The molecule has 0 bridgehead atoms. The van der Waals surface area contributed by atoms with Gasteiger partial charge in [0.1, 0.15) is 0 Å². The monoisotopic (exact) mass is 318 g/mol. The van der Waals surface area contributed by atoms with E-state index in [0.717, 1.165) is 32.7 Å². The van der Waals surface area contributed by atoms with E-state index in [0.29, 0.717) is 6.04 Å². The molecule has 1 aromatic rings. The summed E-state index contributed by atoms with van der Waals surface area (Å²) >= 11 is 5.30. The van der Waals surface area contributed by atoms with Crippen LogP contribution in [0, 0.1) is 0 Å². The minimum atomic E-state index is 0.138. The highest BCUT2D eigenvalue weighted by Gasteiger charge is 2.26. The molecule has 96 valence electrons. The van der Waals surface area contributed by atoms with E-state index < -0.39 is 0 Å². The van der Waals surface area contributed by atoms with Crippen LogP contribution < -0.4 is 5.73 Å². The molecule has 1 fully saturated rings. The lowest BCUT2D eigenvalue weighted by Crippen LogP contribution is -2.40. The van der Waals surface area contributed by atoms with E-state index in [4.69, 9.17) is 10.5 Å². The van der Waals surface area contributed by atoms with Crippen molar-refractivity contribution in [3.05, 3.63) is 20.8 Å². The first-order valence-electron chi connectivity index (χ1n) is 6.01. The van der Waals surface area contributed by atoms with E-state index >= 15 is 0 Å². The van der Waals surface area contributed by atoms with Gasteiger partial charge in [0.15, 0.2) is 0 Å². The Hall–Kier alpha value is 0.0600. The fourth-order valence-electron chi connectivity index (χ4n) is 2.30. The normalized spacial score (nSPS) is 22.1. The summed E-state index contributed by atoms with van der Waals surface area (Å²) < 4.78 is 6.68. The van der Waals surface area contributed by atoms with Gasteiger partial charge in [0.05, 0.1) is 16.4 Å². The van der Waals surface area contributed by atoms with Crippen LogP contribution in [0.2, 0.25) is 0 Å². The summed E-state index contributed by atoms with van der Waals surface area (Å²) in [6.45, 7) is 5.82. The number of nitrogens with zero attached hydrogens (tertiary/aromatic N) is 1. The number of hydrogen-bond donors (Lipinski definition) is 1. The van der Waals surface area contributed by atoms with Gasteiger partial charge in [-0.25, -0.2) is 0 Å². The quantitative estimate of drug-likeness (QED) is 0.931. The zero-order valence-corrected chi connectivity index (χ0v) is 12.5. The number of thiophene rings is 1. The average molecular weight is 319 g/mol. The maximum absolute atomic E-state index is 6.17. The van der Waals surface area contributed by atoms with Crippen LogP contribution in [0.1, 0.15) is 24.3 Å². The van der Waals surface area contributed by atoms with Crippen LogP contribution in [0.3, 0.4) is 0 Å². The second kappa shape index (κ2) is 6.29. The lowest BCUT2D eigenvalue weighted by molar-refractivity contribution is 0.127. The first-order valence-corrected chi connectivity index (χ1v) is 7.62. The molecule has 5 heteroatoms. The third kappa shape index (κ3) is 3.51. The summed E-state index contributed by atoms with van der Waals surface area (Å²) in [6, 6.07) is 4.73. The molecule has 0 radical (unpaired) electrons. The molecule has 3 nitrogen and oxygen atoms in total. The smallest absolute Gasteiger partial charge is 0.0702 e. The Morgan fingerprint density at radius 1 is 1.41 bits per heavy atom. The van der Waals surface area contributed by atoms with Gasteiger partial charge in [0, 0.05) is 30.6 Å². The molecule has 0 saturated carbocycles. The highest BCUT2D eigenvalue weighted by molar-refractivity contribution is 9.11. The Bertz CT molecular complexity index is 348. The van der Waals surface area contributed by atoms with Gasteiger partial charge in [-0.3, -0.25) is 4.90 Å². The second-order valence-electron chi connectivity index (χ2n) is 4.45. The minimum absolute atomic E-state index is 0.138. The Morgan fingerprint density at radius 3 is 2.88 bits per heavy atom. The molecule has 1 aliphatic rings. The number of halogens is 1. The third-order valence-corrected chi connectivity index (χ3v) is 4.73. The predicted octanol–water partition coefficient (Wildman–Crippen LogP) is 2.62. The summed E-state index contributed by atoms with van der Waals surface area (Å²) in [5.74, 6) is 0. The van der Waals surface area contributed by atoms with Crippen molar-refractivity contribution in [2.75, 3.05) is 26.3 Å². The van der Waals surface area contributed by atoms with Gasteiger partial charge in [0.25, 0.3) is 0 Å². The van der Waals surface area contributed by atoms with Crippen LogP contribution in [-0.2, 0) is 4.74 Å². The first-order chi connectivity index (χ1) is 8.18. The van der Waals surface area contributed by atoms with Crippen molar-refractivity contribution >= 4 is 27.3 Å². The van der Waals surface area contributed by atoms with Gasteiger partial charge >= 0.3 is 0 Å². The van der Waals surface area contributed by atoms with Crippen molar-refractivity contribution < 1.29 is 4.74 Å². The standard InChI is InChI=1S/C12H19BrN2OS/c1-9(14)12(10-3-4-11(13)17-10)15-5-2-7-16-8-6-15/h3-4,9,12H,2,5-8,14H2,1H3. The maximum atomic E-state index is 6.17. The van der Waals surface area contributed by atoms with E-state index in [1.165, 1.54) is 8.66 Å². The number of nitrogens with two attached hydrogens (primary N) is 1. The zero-order valence-electron chi connectivity index (χ0n) is 10.1. The van der Waals surface area contributed by atoms with Gasteiger partial charge < -0.3 is 10.5 Å². The number of ether oxygens (including phenoxy) is 1. The molecular weight excluding hydrogens is 300 g/mol. The molecule has 2 N–H and O–H groups in total. The molecule has 17 heavy (non-hydrogen) atoms.